The maximum atomic E-state index is 12.2. The Morgan fingerprint density at radius 1 is 1.23 bits per heavy atom. The third-order valence-corrected chi connectivity index (χ3v) is 4.97. The third kappa shape index (κ3) is 3.62. The monoisotopic (exact) mass is 371 g/mol. The topological polar surface area (TPSA) is 73.3 Å². The lowest BCUT2D eigenvalue weighted by atomic mass is 10.2. The fourth-order valence-electron chi connectivity index (χ4n) is 2.59. The molecule has 2 aromatic heterocycles. The van der Waals surface area contributed by atoms with Crippen LogP contribution in [0, 0.1) is 6.92 Å². The fraction of sp³-hybridized carbons (Fsp3) is 0.316. The highest BCUT2D eigenvalue weighted by Gasteiger charge is 2.20. The van der Waals surface area contributed by atoms with Crippen LogP contribution in [0.3, 0.4) is 0 Å². The van der Waals surface area contributed by atoms with Crippen LogP contribution >= 0.6 is 11.3 Å². The number of aromatic nitrogens is 2. The Morgan fingerprint density at radius 3 is 2.81 bits per heavy atom. The molecule has 26 heavy (non-hydrogen) atoms. The van der Waals surface area contributed by atoms with Gasteiger partial charge >= 0.3 is 5.97 Å². The molecule has 0 bridgehead atoms. The third-order valence-electron chi connectivity index (χ3n) is 3.79. The van der Waals surface area contributed by atoms with Crippen LogP contribution in [0.2, 0.25) is 0 Å². The first-order valence-electron chi connectivity index (χ1n) is 8.55. The number of hydrogen-bond acceptors (Lipinski definition) is 7. The minimum atomic E-state index is -0.328. The van der Waals surface area contributed by atoms with Crippen LogP contribution < -0.4 is 10.1 Å². The van der Waals surface area contributed by atoms with Crippen LogP contribution in [0.1, 0.15) is 35.5 Å². The van der Waals surface area contributed by atoms with Crippen LogP contribution in [0.25, 0.3) is 10.2 Å². The van der Waals surface area contributed by atoms with Gasteiger partial charge in [0.1, 0.15) is 27.6 Å². The summed E-state index contributed by atoms with van der Waals surface area (Å²) in [6.45, 7) is 6.73. The van der Waals surface area contributed by atoms with E-state index in [-0.39, 0.29) is 5.97 Å². The van der Waals surface area contributed by atoms with Crippen LogP contribution in [0.4, 0.5) is 11.5 Å². The van der Waals surface area contributed by atoms with Gasteiger partial charge in [-0.25, -0.2) is 14.8 Å². The number of ether oxygens (including phenoxy) is 2. The van der Waals surface area contributed by atoms with Crippen molar-refractivity contribution in [3.05, 3.63) is 41.0 Å². The van der Waals surface area contributed by atoms with Crippen molar-refractivity contribution in [3.8, 4) is 5.75 Å². The van der Waals surface area contributed by atoms with Gasteiger partial charge in [-0.1, -0.05) is 19.1 Å². The van der Waals surface area contributed by atoms with Crippen LogP contribution in [0.5, 0.6) is 5.75 Å². The molecule has 0 unspecified atom stereocenters. The summed E-state index contributed by atoms with van der Waals surface area (Å²) in [5, 5.41) is 4.15. The van der Waals surface area contributed by atoms with E-state index in [0.717, 1.165) is 33.6 Å². The molecule has 136 valence electrons. The molecule has 0 radical (unpaired) electrons. The predicted molar refractivity (Wildman–Crippen MR) is 104 cm³/mol. The Morgan fingerprint density at radius 2 is 2.04 bits per heavy atom. The average Bonchev–Trinajstić information content (AvgIpc) is 2.99. The molecule has 0 saturated heterocycles. The van der Waals surface area contributed by atoms with Crippen molar-refractivity contribution < 1.29 is 14.3 Å². The standard InChI is InChI=1S/C19H21N3O3S/c1-4-10-25-14-9-7-6-8-13(14)22-17-15-12(3)16(19(23)24-5-2)26-18(15)21-11-20-17/h6-9,11H,4-5,10H2,1-3H3,(H,20,21,22). The van der Waals surface area contributed by atoms with E-state index >= 15 is 0 Å². The lowest BCUT2D eigenvalue weighted by molar-refractivity contribution is 0.0531. The first-order chi connectivity index (χ1) is 12.7. The molecule has 7 heteroatoms. The number of rotatable bonds is 7. The molecule has 0 fully saturated rings. The number of para-hydroxylation sites is 2. The van der Waals surface area contributed by atoms with Gasteiger partial charge in [-0.2, -0.15) is 0 Å². The van der Waals surface area contributed by atoms with Gasteiger partial charge < -0.3 is 14.8 Å². The molecule has 0 aliphatic heterocycles. The number of benzene rings is 1. The highest BCUT2D eigenvalue weighted by molar-refractivity contribution is 7.20. The second kappa shape index (κ2) is 8.14. The second-order valence-corrected chi connectivity index (χ2v) is 6.65. The Hall–Kier alpha value is -2.67. The lowest BCUT2D eigenvalue weighted by Gasteiger charge is -2.13. The number of thiophene rings is 1. The van der Waals surface area contributed by atoms with Gasteiger partial charge in [-0.05, 0) is 38.0 Å². The summed E-state index contributed by atoms with van der Waals surface area (Å²) in [5.74, 6) is 1.08. The van der Waals surface area contributed by atoms with E-state index in [9.17, 15) is 4.79 Å². The lowest BCUT2D eigenvalue weighted by Crippen LogP contribution is -2.04. The Labute approximate surface area is 156 Å². The highest BCUT2D eigenvalue weighted by atomic mass is 32.1. The van der Waals surface area contributed by atoms with E-state index in [1.807, 2.05) is 31.2 Å². The highest BCUT2D eigenvalue weighted by Crippen LogP contribution is 2.36. The normalized spacial score (nSPS) is 10.7. The molecule has 0 amide bonds. The first-order valence-corrected chi connectivity index (χ1v) is 9.37. The minimum absolute atomic E-state index is 0.328. The number of aryl methyl sites for hydroxylation is 1. The van der Waals surface area contributed by atoms with E-state index in [2.05, 4.69) is 22.2 Å². The zero-order valence-corrected chi connectivity index (χ0v) is 15.9. The molecule has 0 aliphatic rings. The van der Waals surface area contributed by atoms with Gasteiger partial charge in [0.05, 0.1) is 24.3 Å². The van der Waals surface area contributed by atoms with Gasteiger partial charge in [0.15, 0.2) is 0 Å². The number of nitrogens with one attached hydrogen (secondary N) is 1. The number of nitrogens with zero attached hydrogens (tertiary/aromatic N) is 2. The van der Waals surface area contributed by atoms with Gasteiger partial charge in [-0.3, -0.25) is 0 Å². The smallest absolute Gasteiger partial charge is 0.348 e. The molecule has 6 nitrogen and oxygen atoms in total. The zero-order chi connectivity index (χ0) is 18.5. The number of fused-ring (bicyclic) bond motifs is 1. The van der Waals surface area contributed by atoms with Gasteiger partial charge in [0.25, 0.3) is 0 Å². The number of esters is 1. The predicted octanol–water partition coefficient (Wildman–Crippen LogP) is 4.71. The van der Waals surface area contributed by atoms with Crippen molar-refractivity contribution in [1.82, 2.24) is 9.97 Å². The average molecular weight is 371 g/mol. The number of carbonyl (C=O) groups is 1. The Kier molecular flexibility index (Phi) is 5.68. The second-order valence-electron chi connectivity index (χ2n) is 5.65. The van der Waals surface area contributed by atoms with Crippen molar-refractivity contribution >= 4 is 39.0 Å². The Bertz CT molecular complexity index is 924. The largest absolute Gasteiger partial charge is 0.491 e. The van der Waals surface area contributed by atoms with E-state index in [4.69, 9.17) is 9.47 Å². The van der Waals surface area contributed by atoms with E-state index in [1.54, 1.807) is 6.92 Å². The first kappa shape index (κ1) is 18.1. The molecule has 3 aromatic rings. The summed E-state index contributed by atoms with van der Waals surface area (Å²) < 4.78 is 10.9. The van der Waals surface area contributed by atoms with Crippen LogP contribution in [0.15, 0.2) is 30.6 Å². The molecule has 0 saturated carbocycles. The molecule has 1 N–H and O–H groups in total. The van der Waals surface area contributed by atoms with Crippen molar-refractivity contribution in [3.63, 3.8) is 0 Å². The quantitative estimate of drug-likeness (QED) is 0.607. The molecular weight excluding hydrogens is 350 g/mol. The Balaban J connectivity index is 2.00. The number of carbonyl (C=O) groups excluding carboxylic acids is 1. The van der Waals surface area contributed by atoms with Crippen molar-refractivity contribution in [2.45, 2.75) is 27.2 Å². The zero-order valence-electron chi connectivity index (χ0n) is 15.0. The van der Waals surface area contributed by atoms with Crippen LogP contribution in [-0.2, 0) is 4.74 Å². The van der Waals surface area contributed by atoms with Crippen LogP contribution in [-0.4, -0.2) is 29.2 Å². The maximum Gasteiger partial charge on any atom is 0.348 e. The molecule has 0 spiro atoms. The molecular formula is C19H21N3O3S. The summed E-state index contributed by atoms with van der Waals surface area (Å²) in [5.41, 5.74) is 1.64. The van der Waals surface area contributed by atoms with Gasteiger partial charge in [0, 0.05) is 0 Å². The number of hydrogen-bond donors (Lipinski definition) is 1. The maximum absolute atomic E-state index is 12.2. The molecule has 0 aliphatic carbocycles. The van der Waals surface area contributed by atoms with Gasteiger partial charge in [0.2, 0.25) is 0 Å². The fourth-order valence-corrected chi connectivity index (χ4v) is 3.64. The summed E-state index contributed by atoms with van der Waals surface area (Å²) >= 11 is 1.32. The van der Waals surface area contributed by atoms with E-state index < -0.39 is 0 Å². The summed E-state index contributed by atoms with van der Waals surface area (Å²) in [7, 11) is 0. The van der Waals surface area contributed by atoms with Crippen molar-refractivity contribution in [1.29, 1.82) is 0 Å². The summed E-state index contributed by atoms with van der Waals surface area (Å²) in [6, 6.07) is 7.72. The molecule has 1 aromatic carbocycles. The van der Waals surface area contributed by atoms with Crippen molar-refractivity contribution in [2.75, 3.05) is 18.5 Å². The minimum Gasteiger partial charge on any atom is -0.491 e. The SMILES string of the molecule is CCCOc1ccccc1Nc1ncnc2sc(C(=O)OCC)c(C)c12. The molecule has 3 rings (SSSR count). The summed E-state index contributed by atoms with van der Waals surface area (Å²) in [4.78, 5) is 22.2. The molecule has 2 heterocycles. The summed E-state index contributed by atoms with van der Waals surface area (Å²) in [6.07, 6.45) is 2.42. The molecule has 0 atom stereocenters. The number of anilines is 2. The van der Waals surface area contributed by atoms with Gasteiger partial charge in [-0.15, -0.1) is 11.3 Å². The van der Waals surface area contributed by atoms with Crippen molar-refractivity contribution in [2.24, 2.45) is 0 Å². The van der Waals surface area contributed by atoms with E-state index in [1.165, 1.54) is 17.7 Å². The van der Waals surface area contributed by atoms with E-state index in [0.29, 0.717) is 23.9 Å².